The molecule has 1 rings (SSSR count). The molecule has 0 saturated heterocycles. The molecular formula is C7H3ClF3NO2. The summed E-state index contributed by atoms with van der Waals surface area (Å²) in [5.41, 5.74) is -1.38. The van der Waals surface area contributed by atoms with Crippen molar-refractivity contribution in [2.45, 2.75) is 6.18 Å². The van der Waals surface area contributed by atoms with Gasteiger partial charge in [0.25, 0.3) is 0 Å². The Bertz CT molecular complexity index is 353. The summed E-state index contributed by atoms with van der Waals surface area (Å²) in [5.74, 6) is -1.08. The van der Waals surface area contributed by atoms with Crippen LogP contribution in [0.3, 0.4) is 0 Å². The number of nitrogens with zero attached hydrogens (tertiary/aromatic N) is 1. The molecule has 76 valence electrons. The lowest BCUT2D eigenvalue weighted by molar-refractivity contribution is -0.137. The number of carbonyl (C=O) groups is 1. The number of rotatable bonds is 1. The minimum atomic E-state index is -4.55. The van der Waals surface area contributed by atoms with Gasteiger partial charge in [-0.3, -0.25) is 4.98 Å². The lowest BCUT2D eigenvalue weighted by Gasteiger charge is -2.05. The molecule has 14 heavy (non-hydrogen) atoms. The first-order valence-corrected chi connectivity index (χ1v) is 3.61. The van der Waals surface area contributed by atoms with Crippen LogP contribution in [0.15, 0.2) is 18.5 Å². The monoisotopic (exact) mass is 225 g/mol. The topological polar surface area (TPSA) is 39.2 Å². The maximum absolute atomic E-state index is 12.1. The van der Waals surface area contributed by atoms with Crippen molar-refractivity contribution in [3.05, 3.63) is 29.6 Å². The summed E-state index contributed by atoms with van der Waals surface area (Å²) >= 11 is 4.69. The molecule has 0 aliphatic heterocycles. The maximum atomic E-state index is 12.1. The molecule has 0 aromatic carbocycles. The fourth-order valence-corrected chi connectivity index (χ4v) is 0.840. The predicted molar refractivity (Wildman–Crippen MR) is 40.5 cm³/mol. The van der Waals surface area contributed by atoms with E-state index in [1.54, 1.807) is 0 Å². The molecule has 0 aliphatic carbocycles. The number of aromatic nitrogens is 1. The zero-order chi connectivity index (χ0) is 10.8. The Morgan fingerprint density at radius 2 is 2.07 bits per heavy atom. The first-order chi connectivity index (χ1) is 6.45. The van der Waals surface area contributed by atoms with Crippen LogP contribution in [0.4, 0.5) is 13.2 Å². The highest BCUT2D eigenvalue weighted by molar-refractivity contribution is 6.15. The number of halogens is 4. The molecule has 0 aliphatic rings. The van der Waals surface area contributed by atoms with E-state index in [1.165, 1.54) is 0 Å². The minimum Gasteiger partial charge on any atom is -0.343 e. The Labute approximate surface area is 81.6 Å². The van der Waals surface area contributed by atoms with Crippen LogP contribution >= 0.6 is 11.9 Å². The van der Waals surface area contributed by atoms with Gasteiger partial charge in [-0.05, 0) is 6.07 Å². The van der Waals surface area contributed by atoms with E-state index in [0.717, 1.165) is 6.20 Å². The molecular weight excluding hydrogens is 223 g/mol. The van der Waals surface area contributed by atoms with Crippen molar-refractivity contribution >= 4 is 17.8 Å². The average Bonchev–Trinajstić information content (AvgIpc) is 2.15. The molecule has 0 saturated carbocycles. The molecule has 7 heteroatoms. The van der Waals surface area contributed by atoms with Gasteiger partial charge < -0.3 is 4.29 Å². The third-order valence-corrected chi connectivity index (χ3v) is 1.51. The number of carbonyl (C=O) groups excluding carboxylic acids is 1. The maximum Gasteiger partial charge on any atom is 0.417 e. The standard InChI is InChI=1S/C7H3ClF3NO2/c8-14-6(13)4-1-5(3-12-2-4)7(9,10)11/h1-3H. The van der Waals surface area contributed by atoms with Gasteiger partial charge in [-0.1, -0.05) is 0 Å². The van der Waals surface area contributed by atoms with Crippen molar-refractivity contribution in [2.24, 2.45) is 0 Å². The normalized spacial score (nSPS) is 11.1. The van der Waals surface area contributed by atoms with E-state index in [4.69, 9.17) is 11.9 Å². The summed E-state index contributed by atoms with van der Waals surface area (Å²) in [6.07, 6.45) is -3.01. The summed E-state index contributed by atoms with van der Waals surface area (Å²) in [6.45, 7) is 0. The van der Waals surface area contributed by atoms with E-state index in [9.17, 15) is 18.0 Å². The van der Waals surface area contributed by atoms with Crippen molar-refractivity contribution in [1.82, 2.24) is 4.98 Å². The number of pyridine rings is 1. The summed E-state index contributed by atoms with van der Waals surface area (Å²) in [7, 11) is 0. The SMILES string of the molecule is O=C(OCl)c1cncc(C(F)(F)F)c1. The van der Waals surface area contributed by atoms with Crippen LogP contribution in [0.25, 0.3) is 0 Å². The van der Waals surface area contributed by atoms with Gasteiger partial charge in [0.2, 0.25) is 0 Å². The third kappa shape index (κ3) is 2.35. The molecule has 0 N–H and O–H groups in total. The summed E-state index contributed by atoms with van der Waals surface area (Å²) in [4.78, 5) is 14.0. The minimum absolute atomic E-state index is 0.352. The number of hydrogen-bond donors (Lipinski definition) is 0. The van der Waals surface area contributed by atoms with Crippen molar-refractivity contribution in [1.29, 1.82) is 0 Å². The van der Waals surface area contributed by atoms with Gasteiger partial charge in [-0.2, -0.15) is 13.2 Å². The Morgan fingerprint density at radius 1 is 1.43 bits per heavy atom. The average molecular weight is 226 g/mol. The van der Waals surface area contributed by atoms with Gasteiger partial charge in [0, 0.05) is 12.4 Å². The van der Waals surface area contributed by atoms with E-state index in [1.807, 2.05) is 0 Å². The molecule has 0 radical (unpaired) electrons. The summed E-state index contributed by atoms with van der Waals surface area (Å²) in [5, 5.41) is 0. The second-order valence-corrected chi connectivity index (χ2v) is 2.48. The van der Waals surface area contributed by atoms with E-state index in [2.05, 4.69) is 9.27 Å². The van der Waals surface area contributed by atoms with Crippen LogP contribution < -0.4 is 0 Å². The molecule has 0 atom stereocenters. The van der Waals surface area contributed by atoms with Crippen molar-refractivity contribution in [2.75, 3.05) is 0 Å². The lowest BCUT2D eigenvalue weighted by Crippen LogP contribution is -2.08. The van der Waals surface area contributed by atoms with Crippen molar-refractivity contribution in [3.63, 3.8) is 0 Å². The quantitative estimate of drug-likeness (QED) is 0.737. The molecule has 0 amide bonds. The highest BCUT2D eigenvalue weighted by Gasteiger charge is 2.31. The van der Waals surface area contributed by atoms with Crippen LogP contribution in [0.5, 0.6) is 0 Å². The van der Waals surface area contributed by atoms with Crippen LogP contribution in [-0.2, 0) is 10.5 Å². The van der Waals surface area contributed by atoms with Crippen molar-refractivity contribution in [3.8, 4) is 0 Å². The number of alkyl halides is 3. The summed E-state index contributed by atoms with van der Waals surface area (Å²) < 4.78 is 40.1. The molecule has 0 bridgehead atoms. The van der Waals surface area contributed by atoms with E-state index in [0.29, 0.717) is 12.3 Å². The Morgan fingerprint density at radius 3 is 2.57 bits per heavy atom. The van der Waals surface area contributed by atoms with E-state index >= 15 is 0 Å². The van der Waals surface area contributed by atoms with Crippen LogP contribution in [0, 0.1) is 0 Å². The molecule has 0 fully saturated rings. The second kappa shape index (κ2) is 3.83. The van der Waals surface area contributed by atoms with Gasteiger partial charge in [0.15, 0.2) is 0 Å². The van der Waals surface area contributed by atoms with Crippen LogP contribution in [0.2, 0.25) is 0 Å². The van der Waals surface area contributed by atoms with Gasteiger partial charge in [0.05, 0.1) is 11.1 Å². The van der Waals surface area contributed by atoms with Crippen LogP contribution in [-0.4, -0.2) is 11.0 Å². The first-order valence-electron chi connectivity index (χ1n) is 3.30. The van der Waals surface area contributed by atoms with E-state index in [-0.39, 0.29) is 5.56 Å². The number of hydrogen-bond acceptors (Lipinski definition) is 3. The Balaban J connectivity index is 3.08. The third-order valence-electron chi connectivity index (χ3n) is 1.37. The smallest absolute Gasteiger partial charge is 0.343 e. The van der Waals surface area contributed by atoms with Gasteiger partial charge in [-0.15, -0.1) is 0 Å². The zero-order valence-electron chi connectivity index (χ0n) is 6.51. The fraction of sp³-hybridized carbons (Fsp3) is 0.143. The molecule has 1 heterocycles. The van der Waals surface area contributed by atoms with E-state index < -0.39 is 17.7 Å². The molecule has 1 aromatic rings. The van der Waals surface area contributed by atoms with Crippen molar-refractivity contribution < 1.29 is 22.3 Å². The Kier molecular flexibility index (Phi) is 2.95. The summed E-state index contributed by atoms with van der Waals surface area (Å²) in [6, 6.07) is 0.609. The van der Waals surface area contributed by atoms with Crippen LogP contribution in [0.1, 0.15) is 15.9 Å². The van der Waals surface area contributed by atoms with Gasteiger partial charge in [0.1, 0.15) is 11.9 Å². The molecule has 0 unspecified atom stereocenters. The first kappa shape index (κ1) is 10.8. The Hall–Kier alpha value is -1.30. The lowest BCUT2D eigenvalue weighted by atomic mass is 10.2. The molecule has 0 spiro atoms. The predicted octanol–water partition coefficient (Wildman–Crippen LogP) is 2.41. The largest absolute Gasteiger partial charge is 0.417 e. The molecule has 1 aromatic heterocycles. The van der Waals surface area contributed by atoms with Gasteiger partial charge in [-0.25, -0.2) is 4.79 Å². The zero-order valence-corrected chi connectivity index (χ0v) is 7.26. The fourth-order valence-electron chi connectivity index (χ4n) is 0.751. The van der Waals surface area contributed by atoms with Gasteiger partial charge >= 0.3 is 12.1 Å². The second-order valence-electron chi connectivity index (χ2n) is 2.32. The molecule has 3 nitrogen and oxygen atoms in total. The highest BCUT2D eigenvalue weighted by Crippen LogP contribution is 2.28. The highest BCUT2D eigenvalue weighted by atomic mass is 35.5.